The van der Waals surface area contributed by atoms with Crippen molar-refractivity contribution in [3.63, 3.8) is 0 Å². The minimum absolute atomic E-state index is 0.345. The molecule has 1 rings (SSSR count). The number of aromatic nitrogens is 1. The van der Waals surface area contributed by atoms with Crippen LogP contribution in [-0.4, -0.2) is 4.98 Å². The van der Waals surface area contributed by atoms with Gasteiger partial charge in [0.15, 0.2) is 0 Å². The van der Waals surface area contributed by atoms with Crippen molar-refractivity contribution in [2.45, 2.75) is 52.4 Å². The van der Waals surface area contributed by atoms with Gasteiger partial charge in [-0.1, -0.05) is 73.6 Å². The molecule has 3 heteroatoms. The number of unbranched alkanes of at least 4 members (excludes halogenated alkanes) is 4. The van der Waals surface area contributed by atoms with Gasteiger partial charge in [0.1, 0.15) is 10.3 Å². The van der Waals surface area contributed by atoms with Crippen molar-refractivity contribution in [2.75, 3.05) is 0 Å². The Balaban J connectivity index is 2.89. The van der Waals surface area contributed by atoms with Crippen LogP contribution in [0.5, 0.6) is 0 Å². The zero-order valence-corrected chi connectivity index (χ0v) is 13.5. The van der Waals surface area contributed by atoms with Gasteiger partial charge in [-0.05, 0) is 18.9 Å². The SMILES string of the molecule is CCCCC#Cc1cc(C#CCCCC)c(Cl)nc1Cl. The fourth-order valence-corrected chi connectivity index (χ4v) is 1.91. The third kappa shape index (κ3) is 5.87. The second kappa shape index (κ2) is 9.71. The van der Waals surface area contributed by atoms with Crippen LogP contribution >= 0.6 is 23.2 Å². The summed E-state index contributed by atoms with van der Waals surface area (Å²) in [6.45, 7) is 4.28. The van der Waals surface area contributed by atoms with Gasteiger partial charge in [0.05, 0.1) is 11.1 Å². The number of halogens is 2. The highest BCUT2D eigenvalue weighted by Crippen LogP contribution is 2.20. The Morgan fingerprint density at radius 2 is 1.35 bits per heavy atom. The van der Waals surface area contributed by atoms with Gasteiger partial charge in [-0.3, -0.25) is 0 Å². The Hall–Kier alpha value is -1.15. The molecule has 0 aliphatic rings. The van der Waals surface area contributed by atoms with Crippen LogP contribution in [0, 0.1) is 23.7 Å². The Bertz CT molecular complexity index is 509. The lowest BCUT2D eigenvalue weighted by Gasteiger charge is -1.99. The average Bonchev–Trinajstić information content (AvgIpc) is 2.43. The van der Waals surface area contributed by atoms with Crippen LogP contribution in [0.2, 0.25) is 10.3 Å². The lowest BCUT2D eigenvalue weighted by molar-refractivity contribution is 0.828. The minimum Gasteiger partial charge on any atom is -0.222 e. The van der Waals surface area contributed by atoms with Crippen LogP contribution < -0.4 is 0 Å². The molecule has 1 aromatic heterocycles. The van der Waals surface area contributed by atoms with E-state index in [9.17, 15) is 0 Å². The average molecular weight is 308 g/mol. The summed E-state index contributed by atoms with van der Waals surface area (Å²) in [7, 11) is 0. The van der Waals surface area contributed by atoms with Crippen molar-refractivity contribution < 1.29 is 0 Å². The maximum absolute atomic E-state index is 6.05. The molecule has 1 aromatic rings. The number of pyridine rings is 1. The summed E-state index contributed by atoms with van der Waals surface area (Å²) in [5.74, 6) is 12.3. The number of hydrogen-bond donors (Lipinski definition) is 0. The van der Waals surface area contributed by atoms with Gasteiger partial charge < -0.3 is 0 Å². The molecule has 0 aliphatic carbocycles. The predicted molar refractivity (Wildman–Crippen MR) is 87.1 cm³/mol. The fraction of sp³-hybridized carbons (Fsp3) is 0.471. The molecule has 20 heavy (non-hydrogen) atoms. The molecule has 0 aromatic carbocycles. The van der Waals surface area contributed by atoms with Crippen molar-refractivity contribution in [2.24, 2.45) is 0 Å². The number of rotatable bonds is 4. The third-order valence-electron chi connectivity index (χ3n) is 2.69. The molecule has 0 amide bonds. The third-order valence-corrected chi connectivity index (χ3v) is 3.26. The normalized spacial score (nSPS) is 9.40. The summed E-state index contributed by atoms with van der Waals surface area (Å²) >= 11 is 12.1. The van der Waals surface area contributed by atoms with E-state index >= 15 is 0 Å². The monoisotopic (exact) mass is 307 g/mol. The van der Waals surface area contributed by atoms with Crippen molar-refractivity contribution in [1.29, 1.82) is 0 Å². The first-order chi connectivity index (χ1) is 9.69. The quantitative estimate of drug-likeness (QED) is 0.408. The second-order valence-corrected chi connectivity index (χ2v) is 5.19. The summed E-state index contributed by atoms with van der Waals surface area (Å²) in [5, 5.41) is 0.691. The molecule has 0 aliphatic heterocycles. The summed E-state index contributed by atoms with van der Waals surface area (Å²) < 4.78 is 0. The minimum atomic E-state index is 0.345. The zero-order chi connectivity index (χ0) is 14.8. The van der Waals surface area contributed by atoms with Gasteiger partial charge in [0, 0.05) is 12.8 Å². The molecule has 1 heterocycles. The number of hydrogen-bond acceptors (Lipinski definition) is 1. The Kier molecular flexibility index (Phi) is 8.20. The van der Waals surface area contributed by atoms with Crippen molar-refractivity contribution in [1.82, 2.24) is 4.98 Å². The van der Waals surface area contributed by atoms with Crippen LogP contribution in [0.1, 0.15) is 63.5 Å². The fourth-order valence-electron chi connectivity index (χ4n) is 1.49. The van der Waals surface area contributed by atoms with Crippen molar-refractivity contribution >= 4 is 23.2 Å². The van der Waals surface area contributed by atoms with Gasteiger partial charge in [-0.25, -0.2) is 4.98 Å². The maximum Gasteiger partial charge on any atom is 0.146 e. The van der Waals surface area contributed by atoms with Crippen LogP contribution in [0.3, 0.4) is 0 Å². The summed E-state index contributed by atoms with van der Waals surface area (Å²) in [6.07, 6.45) is 6.19. The topological polar surface area (TPSA) is 12.9 Å². The highest BCUT2D eigenvalue weighted by molar-refractivity contribution is 6.33. The second-order valence-electron chi connectivity index (χ2n) is 4.48. The lowest BCUT2D eigenvalue weighted by atomic mass is 10.2. The van der Waals surface area contributed by atoms with E-state index in [0.717, 1.165) is 38.5 Å². The van der Waals surface area contributed by atoms with Crippen LogP contribution in [0.15, 0.2) is 6.07 Å². The molecule has 1 nitrogen and oxygen atoms in total. The largest absolute Gasteiger partial charge is 0.222 e. The predicted octanol–water partition coefficient (Wildman–Crippen LogP) is 5.47. The van der Waals surface area contributed by atoms with Gasteiger partial charge in [0.2, 0.25) is 0 Å². The van der Waals surface area contributed by atoms with E-state index in [2.05, 4.69) is 42.5 Å². The van der Waals surface area contributed by atoms with Gasteiger partial charge in [0.25, 0.3) is 0 Å². The van der Waals surface area contributed by atoms with E-state index in [0.29, 0.717) is 21.4 Å². The molecule has 0 unspecified atom stereocenters. The first-order valence-electron chi connectivity index (χ1n) is 7.02. The first kappa shape index (κ1) is 16.9. The molecule has 0 bridgehead atoms. The van der Waals surface area contributed by atoms with E-state index in [1.807, 2.05) is 6.07 Å². The van der Waals surface area contributed by atoms with Crippen molar-refractivity contribution in [3.05, 3.63) is 27.5 Å². The standard InChI is InChI=1S/C17H19Cl2N/c1-3-5-7-9-11-14-13-15(12-10-8-6-4-2)17(19)20-16(14)18/h13H,3-8H2,1-2H3. The molecule has 0 N–H and O–H groups in total. The Labute approximate surface area is 132 Å². The van der Waals surface area contributed by atoms with E-state index < -0.39 is 0 Å². The van der Waals surface area contributed by atoms with Crippen LogP contribution in [0.4, 0.5) is 0 Å². The molecule has 0 saturated heterocycles. The molecule has 0 spiro atoms. The zero-order valence-electron chi connectivity index (χ0n) is 12.0. The van der Waals surface area contributed by atoms with E-state index in [1.54, 1.807) is 0 Å². The van der Waals surface area contributed by atoms with Crippen LogP contribution in [0.25, 0.3) is 0 Å². The van der Waals surface area contributed by atoms with Gasteiger partial charge in [-0.15, -0.1) is 0 Å². The smallest absolute Gasteiger partial charge is 0.146 e. The molecule has 106 valence electrons. The molecule has 0 saturated carbocycles. The highest BCUT2D eigenvalue weighted by atomic mass is 35.5. The van der Waals surface area contributed by atoms with Crippen molar-refractivity contribution in [3.8, 4) is 23.7 Å². The van der Waals surface area contributed by atoms with Gasteiger partial charge >= 0.3 is 0 Å². The molecule has 0 fully saturated rings. The lowest BCUT2D eigenvalue weighted by Crippen LogP contribution is -1.89. The summed E-state index contributed by atoms with van der Waals surface area (Å²) in [4.78, 5) is 4.10. The van der Waals surface area contributed by atoms with E-state index in [1.165, 1.54) is 0 Å². The Morgan fingerprint density at radius 3 is 1.75 bits per heavy atom. The maximum atomic E-state index is 6.05. The summed E-state index contributed by atoms with van der Waals surface area (Å²) in [5.41, 5.74) is 1.40. The van der Waals surface area contributed by atoms with E-state index in [4.69, 9.17) is 23.2 Å². The summed E-state index contributed by atoms with van der Waals surface area (Å²) in [6, 6.07) is 1.83. The molecular formula is C17H19Cl2N. The Morgan fingerprint density at radius 1 is 0.900 bits per heavy atom. The number of nitrogens with zero attached hydrogens (tertiary/aromatic N) is 1. The first-order valence-corrected chi connectivity index (χ1v) is 7.78. The van der Waals surface area contributed by atoms with Gasteiger partial charge in [-0.2, -0.15) is 0 Å². The highest BCUT2D eigenvalue weighted by Gasteiger charge is 2.05. The van der Waals surface area contributed by atoms with E-state index in [-0.39, 0.29) is 0 Å². The molecule has 0 atom stereocenters. The molecular weight excluding hydrogens is 289 g/mol. The molecule has 0 radical (unpaired) electrons. The van der Waals surface area contributed by atoms with Crippen LogP contribution in [-0.2, 0) is 0 Å².